The fraction of sp³-hybridized carbons (Fsp3) is 0.588. The molecule has 1 aromatic carbocycles. The van der Waals surface area contributed by atoms with Crippen molar-refractivity contribution in [2.45, 2.75) is 38.1 Å². The lowest BCUT2D eigenvalue weighted by Crippen LogP contribution is -2.47. The molecule has 0 aromatic heterocycles. The SMILES string of the molecule is C(=NC1C2CC3CC(C2)CC1C3)c1ccccc1. The summed E-state index contributed by atoms with van der Waals surface area (Å²) in [5.41, 5.74) is 1.26. The Kier molecular flexibility index (Phi) is 2.53. The van der Waals surface area contributed by atoms with E-state index in [1.54, 1.807) is 0 Å². The Hall–Kier alpha value is -1.11. The summed E-state index contributed by atoms with van der Waals surface area (Å²) >= 11 is 0. The molecule has 0 spiro atoms. The zero-order chi connectivity index (χ0) is 11.9. The first kappa shape index (κ1) is 10.8. The summed E-state index contributed by atoms with van der Waals surface area (Å²) in [5, 5.41) is 0. The largest absolute Gasteiger partial charge is 0.289 e. The van der Waals surface area contributed by atoms with E-state index >= 15 is 0 Å². The van der Waals surface area contributed by atoms with Crippen molar-refractivity contribution in [3.8, 4) is 0 Å². The van der Waals surface area contributed by atoms with Crippen molar-refractivity contribution in [1.29, 1.82) is 0 Å². The van der Waals surface area contributed by atoms with Crippen molar-refractivity contribution >= 4 is 6.21 Å². The van der Waals surface area contributed by atoms with Crippen LogP contribution in [0.15, 0.2) is 35.3 Å². The molecule has 1 nitrogen and oxygen atoms in total. The third-order valence-electron chi connectivity index (χ3n) is 5.37. The fourth-order valence-electron chi connectivity index (χ4n) is 4.85. The molecule has 1 aromatic rings. The number of aliphatic imine (C=N–C) groups is 1. The van der Waals surface area contributed by atoms with Crippen LogP contribution in [0.4, 0.5) is 0 Å². The first-order valence-electron chi connectivity index (χ1n) is 7.46. The van der Waals surface area contributed by atoms with E-state index in [9.17, 15) is 0 Å². The van der Waals surface area contributed by atoms with Crippen LogP contribution in [0.3, 0.4) is 0 Å². The smallest absolute Gasteiger partial charge is 0.0556 e. The number of nitrogens with zero attached hydrogens (tertiary/aromatic N) is 1. The Labute approximate surface area is 109 Å². The number of hydrogen-bond donors (Lipinski definition) is 0. The summed E-state index contributed by atoms with van der Waals surface area (Å²) in [6.45, 7) is 0. The monoisotopic (exact) mass is 239 g/mol. The van der Waals surface area contributed by atoms with Gasteiger partial charge in [0.05, 0.1) is 6.04 Å². The van der Waals surface area contributed by atoms with E-state index in [-0.39, 0.29) is 0 Å². The van der Waals surface area contributed by atoms with Crippen molar-refractivity contribution in [2.75, 3.05) is 0 Å². The van der Waals surface area contributed by atoms with Gasteiger partial charge in [0.25, 0.3) is 0 Å². The van der Waals surface area contributed by atoms with Gasteiger partial charge < -0.3 is 0 Å². The second-order valence-corrected chi connectivity index (χ2v) is 6.61. The summed E-state index contributed by atoms with van der Waals surface area (Å²) in [7, 11) is 0. The molecule has 1 heteroatoms. The molecule has 4 fully saturated rings. The number of hydrogen-bond acceptors (Lipinski definition) is 1. The summed E-state index contributed by atoms with van der Waals surface area (Å²) in [6, 6.07) is 11.2. The molecular weight excluding hydrogens is 218 g/mol. The predicted molar refractivity (Wildman–Crippen MR) is 74.9 cm³/mol. The highest BCUT2D eigenvalue weighted by Crippen LogP contribution is 2.54. The lowest BCUT2D eigenvalue weighted by atomic mass is 9.54. The van der Waals surface area contributed by atoms with Gasteiger partial charge in [0.15, 0.2) is 0 Å². The topological polar surface area (TPSA) is 12.4 Å². The highest BCUT2D eigenvalue weighted by Gasteiger charge is 2.47. The third kappa shape index (κ3) is 1.81. The van der Waals surface area contributed by atoms with E-state index in [0.29, 0.717) is 6.04 Å². The van der Waals surface area contributed by atoms with E-state index in [1.165, 1.54) is 37.7 Å². The van der Waals surface area contributed by atoms with Crippen LogP contribution in [0.1, 0.15) is 37.7 Å². The van der Waals surface area contributed by atoms with E-state index in [0.717, 1.165) is 23.7 Å². The first-order chi connectivity index (χ1) is 8.88. The predicted octanol–water partition coefficient (Wildman–Crippen LogP) is 3.93. The molecule has 0 atom stereocenters. The Morgan fingerprint density at radius 1 is 0.833 bits per heavy atom. The second-order valence-electron chi connectivity index (χ2n) is 6.61. The third-order valence-corrected chi connectivity index (χ3v) is 5.37. The minimum Gasteiger partial charge on any atom is -0.289 e. The molecule has 18 heavy (non-hydrogen) atoms. The molecule has 4 aliphatic rings. The molecule has 0 N–H and O–H groups in total. The fourth-order valence-corrected chi connectivity index (χ4v) is 4.85. The van der Waals surface area contributed by atoms with Gasteiger partial charge >= 0.3 is 0 Å². The van der Waals surface area contributed by atoms with Crippen molar-refractivity contribution in [3.05, 3.63) is 35.9 Å². The van der Waals surface area contributed by atoms with Crippen molar-refractivity contribution in [3.63, 3.8) is 0 Å². The summed E-state index contributed by atoms with van der Waals surface area (Å²) in [5.74, 6) is 3.91. The highest BCUT2D eigenvalue weighted by atomic mass is 14.8. The van der Waals surface area contributed by atoms with E-state index in [4.69, 9.17) is 4.99 Å². The molecule has 0 amide bonds. The molecule has 0 aliphatic heterocycles. The minimum absolute atomic E-state index is 0.637. The first-order valence-corrected chi connectivity index (χ1v) is 7.46. The van der Waals surface area contributed by atoms with Gasteiger partial charge in [0.1, 0.15) is 0 Å². The van der Waals surface area contributed by atoms with Crippen molar-refractivity contribution in [1.82, 2.24) is 0 Å². The molecule has 4 aliphatic carbocycles. The molecule has 0 heterocycles. The van der Waals surface area contributed by atoms with Crippen LogP contribution in [-0.2, 0) is 0 Å². The molecule has 0 saturated heterocycles. The molecule has 0 radical (unpaired) electrons. The van der Waals surface area contributed by atoms with Gasteiger partial charge in [0.2, 0.25) is 0 Å². The second kappa shape index (κ2) is 4.22. The van der Waals surface area contributed by atoms with Gasteiger partial charge in [0, 0.05) is 6.21 Å². The van der Waals surface area contributed by atoms with Crippen LogP contribution < -0.4 is 0 Å². The maximum absolute atomic E-state index is 4.97. The van der Waals surface area contributed by atoms with Crippen LogP contribution in [0.2, 0.25) is 0 Å². The number of benzene rings is 1. The van der Waals surface area contributed by atoms with Crippen LogP contribution in [0.5, 0.6) is 0 Å². The maximum Gasteiger partial charge on any atom is 0.0556 e. The van der Waals surface area contributed by atoms with Crippen LogP contribution in [0.25, 0.3) is 0 Å². The van der Waals surface area contributed by atoms with Crippen LogP contribution in [-0.4, -0.2) is 12.3 Å². The Balaban J connectivity index is 1.54. The average Bonchev–Trinajstić information content (AvgIpc) is 2.38. The average molecular weight is 239 g/mol. The Morgan fingerprint density at radius 3 is 2.06 bits per heavy atom. The maximum atomic E-state index is 4.97. The normalized spacial score (nSPS) is 41.7. The van der Waals surface area contributed by atoms with Gasteiger partial charge in [-0.25, -0.2) is 0 Å². The summed E-state index contributed by atoms with van der Waals surface area (Å²) in [4.78, 5) is 4.97. The molecule has 5 rings (SSSR count). The highest BCUT2D eigenvalue weighted by molar-refractivity contribution is 5.79. The minimum atomic E-state index is 0.637. The van der Waals surface area contributed by atoms with Gasteiger partial charge in [-0.3, -0.25) is 4.99 Å². The van der Waals surface area contributed by atoms with Gasteiger partial charge in [-0.2, -0.15) is 0 Å². The van der Waals surface area contributed by atoms with Crippen molar-refractivity contribution in [2.24, 2.45) is 28.7 Å². The Morgan fingerprint density at radius 2 is 1.44 bits per heavy atom. The summed E-state index contributed by atoms with van der Waals surface area (Å²) < 4.78 is 0. The zero-order valence-electron chi connectivity index (χ0n) is 10.8. The quantitative estimate of drug-likeness (QED) is 0.693. The van der Waals surface area contributed by atoms with Gasteiger partial charge in [-0.1, -0.05) is 30.3 Å². The Bertz CT molecular complexity index is 420. The van der Waals surface area contributed by atoms with E-state index in [1.807, 2.05) is 0 Å². The van der Waals surface area contributed by atoms with Crippen LogP contribution >= 0.6 is 0 Å². The molecule has 94 valence electrons. The molecule has 4 bridgehead atoms. The van der Waals surface area contributed by atoms with Gasteiger partial charge in [-0.15, -0.1) is 0 Å². The summed E-state index contributed by atoms with van der Waals surface area (Å²) in [6.07, 6.45) is 9.50. The van der Waals surface area contributed by atoms with E-state index < -0.39 is 0 Å². The zero-order valence-corrected chi connectivity index (χ0v) is 10.8. The van der Waals surface area contributed by atoms with Crippen molar-refractivity contribution < 1.29 is 0 Å². The van der Waals surface area contributed by atoms with E-state index in [2.05, 4.69) is 36.5 Å². The molecule has 0 unspecified atom stereocenters. The molecule has 4 saturated carbocycles. The number of rotatable bonds is 2. The lowest BCUT2D eigenvalue weighted by Gasteiger charge is -2.53. The molecular formula is C17H21N. The lowest BCUT2D eigenvalue weighted by molar-refractivity contribution is 0.00146. The van der Waals surface area contributed by atoms with Crippen LogP contribution in [0, 0.1) is 23.7 Å². The standard InChI is InChI=1S/C17H21N/c1-2-4-12(5-3-1)11-18-17-15-7-13-6-14(9-15)10-16(17)8-13/h1-5,11,13-17H,6-10H2. The van der Waals surface area contributed by atoms with Gasteiger partial charge in [-0.05, 0) is 61.3 Å².